The number of nitrogens with one attached hydrogen (secondary N) is 2. The lowest BCUT2D eigenvalue weighted by Gasteiger charge is -2.13. The van der Waals surface area contributed by atoms with Crippen LogP contribution in [0.4, 0.5) is 9.18 Å². The number of rotatable bonds is 3. The Bertz CT molecular complexity index is 835. The summed E-state index contributed by atoms with van der Waals surface area (Å²) in [5.41, 5.74) is 2.33. The van der Waals surface area contributed by atoms with Crippen LogP contribution in [0.25, 0.3) is 6.08 Å². The number of urea groups is 1. The van der Waals surface area contributed by atoms with E-state index in [9.17, 15) is 18.8 Å². The van der Waals surface area contributed by atoms with Gasteiger partial charge in [0.05, 0.1) is 0 Å². The molecule has 6 heteroatoms. The van der Waals surface area contributed by atoms with E-state index in [-0.39, 0.29) is 11.4 Å². The number of carbonyl (C=O) groups is 3. The van der Waals surface area contributed by atoms with Gasteiger partial charge in [0.1, 0.15) is 11.4 Å². The molecule has 2 N–H and O–H groups in total. The Morgan fingerprint density at radius 2 is 1.54 bits per heavy atom. The lowest BCUT2D eigenvalue weighted by atomic mass is 10.0. The fourth-order valence-corrected chi connectivity index (χ4v) is 2.39. The van der Waals surface area contributed by atoms with Crippen LogP contribution in [0.15, 0.2) is 54.1 Å². The average Bonchev–Trinajstić information content (AvgIpc) is 2.52. The lowest BCUT2D eigenvalue weighted by molar-refractivity contribution is -0.123. The number of carbonyl (C=O) groups excluding carboxylic acids is 3. The number of imide groups is 2. The van der Waals surface area contributed by atoms with Crippen LogP contribution < -0.4 is 10.6 Å². The summed E-state index contributed by atoms with van der Waals surface area (Å²) in [5.74, 6) is -1.74. The Balaban J connectivity index is 1.77. The van der Waals surface area contributed by atoms with Crippen molar-refractivity contribution in [3.8, 4) is 0 Å². The Hall–Kier alpha value is -3.28. The second-order valence-electron chi connectivity index (χ2n) is 5.34. The zero-order valence-corrected chi connectivity index (χ0v) is 12.5. The maximum absolute atomic E-state index is 13.2. The van der Waals surface area contributed by atoms with E-state index in [0.717, 1.165) is 11.1 Å². The Kier molecular flexibility index (Phi) is 4.20. The Morgan fingerprint density at radius 1 is 0.875 bits per heavy atom. The van der Waals surface area contributed by atoms with Gasteiger partial charge < -0.3 is 0 Å². The fraction of sp³-hybridized carbons (Fsp3) is 0.0556. The van der Waals surface area contributed by atoms with Crippen molar-refractivity contribution in [2.75, 3.05) is 0 Å². The second kappa shape index (κ2) is 6.45. The van der Waals surface area contributed by atoms with Gasteiger partial charge >= 0.3 is 6.03 Å². The molecule has 24 heavy (non-hydrogen) atoms. The minimum atomic E-state index is -0.826. The van der Waals surface area contributed by atoms with E-state index >= 15 is 0 Å². The zero-order valence-electron chi connectivity index (χ0n) is 12.5. The predicted molar refractivity (Wildman–Crippen MR) is 85.3 cm³/mol. The number of halogens is 1. The molecule has 0 radical (unpaired) electrons. The van der Waals surface area contributed by atoms with Gasteiger partial charge in [-0.1, -0.05) is 36.4 Å². The molecule has 0 bridgehead atoms. The summed E-state index contributed by atoms with van der Waals surface area (Å²) in [6.07, 6.45) is 1.98. The number of barbiturate groups is 1. The molecule has 120 valence electrons. The molecule has 1 heterocycles. The highest BCUT2D eigenvalue weighted by atomic mass is 19.1. The quantitative estimate of drug-likeness (QED) is 0.671. The second-order valence-corrected chi connectivity index (χ2v) is 5.34. The maximum Gasteiger partial charge on any atom is 0.328 e. The smallest absolute Gasteiger partial charge is 0.273 e. The summed E-state index contributed by atoms with van der Waals surface area (Å²) in [4.78, 5) is 34.3. The predicted octanol–water partition coefficient (Wildman–Crippen LogP) is 2.17. The summed E-state index contributed by atoms with van der Waals surface area (Å²) < 4.78 is 13.2. The average molecular weight is 324 g/mol. The van der Waals surface area contributed by atoms with Crippen molar-refractivity contribution in [1.29, 1.82) is 0 Å². The number of hydrogen-bond donors (Lipinski definition) is 2. The summed E-state index contributed by atoms with van der Waals surface area (Å²) in [6, 6.07) is 12.7. The molecule has 0 saturated carbocycles. The van der Waals surface area contributed by atoms with Crippen LogP contribution in [-0.2, 0) is 16.0 Å². The molecular weight excluding hydrogens is 311 g/mol. The van der Waals surface area contributed by atoms with Crippen molar-refractivity contribution in [2.45, 2.75) is 6.42 Å². The lowest BCUT2D eigenvalue weighted by Crippen LogP contribution is -2.51. The Morgan fingerprint density at radius 3 is 2.17 bits per heavy atom. The molecule has 0 unspecified atom stereocenters. The van der Waals surface area contributed by atoms with Crippen LogP contribution in [0.5, 0.6) is 0 Å². The molecule has 1 aliphatic heterocycles. The summed E-state index contributed by atoms with van der Waals surface area (Å²) in [7, 11) is 0. The SMILES string of the molecule is O=C1NC(=O)C(=Cc2ccc(Cc3cccc(F)c3)cc2)C(=O)N1. The third-order valence-electron chi connectivity index (χ3n) is 3.53. The van der Waals surface area contributed by atoms with Crippen molar-refractivity contribution < 1.29 is 18.8 Å². The molecule has 2 aromatic carbocycles. The van der Waals surface area contributed by atoms with Crippen LogP contribution >= 0.6 is 0 Å². The minimum Gasteiger partial charge on any atom is -0.273 e. The van der Waals surface area contributed by atoms with E-state index in [2.05, 4.69) is 0 Å². The standard InChI is InChI=1S/C18H13FN2O3/c19-14-3-1-2-13(9-14)8-11-4-6-12(7-5-11)10-15-16(22)20-18(24)21-17(15)23/h1-7,9-10H,8H2,(H2,20,21,22,23,24). The number of amides is 4. The maximum atomic E-state index is 13.2. The number of benzene rings is 2. The van der Waals surface area contributed by atoms with Gasteiger partial charge in [0.25, 0.3) is 11.8 Å². The van der Waals surface area contributed by atoms with Crippen LogP contribution in [-0.4, -0.2) is 17.8 Å². The molecular formula is C18H13FN2O3. The molecule has 0 atom stereocenters. The van der Waals surface area contributed by atoms with Gasteiger partial charge in [0.15, 0.2) is 0 Å². The summed E-state index contributed by atoms with van der Waals surface area (Å²) in [5, 5.41) is 4.03. The molecule has 3 rings (SSSR count). The third kappa shape index (κ3) is 3.55. The fourth-order valence-electron chi connectivity index (χ4n) is 2.39. The van der Waals surface area contributed by atoms with E-state index < -0.39 is 17.8 Å². The highest BCUT2D eigenvalue weighted by Crippen LogP contribution is 2.14. The summed E-state index contributed by atoms with van der Waals surface area (Å²) in [6.45, 7) is 0. The van der Waals surface area contributed by atoms with E-state index in [4.69, 9.17) is 0 Å². The van der Waals surface area contributed by atoms with Gasteiger partial charge in [-0.05, 0) is 41.3 Å². The first-order valence-electron chi connectivity index (χ1n) is 7.23. The van der Waals surface area contributed by atoms with Crippen molar-refractivity contribution in [3.05, 3.63) is 76.6 Å². The van der Waals surface area contributed by atoms with Crippen LogP contribution in [0.1, 0.15) is 16.7 Å². The van der Waals surface area contributed by atoms with Crippen molar-refractivity contribution >= 4 is 23.9 Å². The van der Waals surface area contributed by atoms with Gasteiger partial charge in [0.2, 0.25) is 0 Å². The zero-order chi connectivity index (χ0) is 17.1. The van der Waals surface area contributed by atoms with E-state index in [1.54, 1.807) is 18.2 Å². The summed E-state index contributed by atoms with van der Waals surface area (Å²) >= 11 is 0. The van der Waals surface area contributed by atoms with Crippen molar-refractivity contribution in [1.82, 2.24) is 10.6 Å². The van der Waals surface area contributed by atoms with Gasteiger partial charge in [-0.15, -0.1) is 0 Å². The molecule has 1 saturated heterocycles. The molecule has 1 aliphatic rings. The normalized spacial score (nSPS) is 14.2. The van der Waals surface area contributed by atoms with Gasteiger partial charge in [0, 0.05) is 0 Å². The third-order valence-corrected chi connectivity index (χ3v) is 3.53. The highest BCUT2D eigenvalue weighted by Gasteiger charge is 2.27. The minimum absolute atomic E-state index is 0.132. The van der Waals surface area contributed by atoms with Gasteiger partial charge in [-0.3, -0.25) is 20.2 Å². The van der Waals surface area contributed by atoms with Crippen LogP contribution in [0.3, 0.4) is 0 Å². The molecule has 1 fully saturated rings. The molecule has 0 aromatic heterocycles. The van der Waals surface area contributed by atoms with Gasteiger partial charge in [-0.2, -0.15) is 0 Å². The molecule has 0 spiro atoms. The van der Waals surface area contributed by atoms with Crippen molar-refractivity contribution in [2.24, 2.45) is 0 Å². The highest BCUT2D eigenvalue weighted by molar-refractivity contribution is 6.31. The van der Waals surface area contributed by atoms with E-state index in [1.165, 1.54) is 18.2 Å². The van der Waals surface area contributed by atoms with Crippen LogP contribution in [0.2, 0.25) is 0 Å². The van der Waals surface area contributed by atoms with E-state index in [0.29, 0.717) is 12.0 Å². The number of hydrogen-bond acceptors (Lipinski definition) is 3. The van der Waals surface area contributed by atoms with Crippen LogP contribution in [0, 0.1) is 5.82 Å². The first kappa shape index (κ1) is 15.6. The van der Waals surface area contributed by atoms with Crippen molar-refractivity contribution in [3.63, 3.8) is 0 Å². The first-order valence-corrected chi connectivity index (χ1v) is 7.23. The largest absolute Gasteiger partial charge is 0.328 e. The monoisotopic (exact) mass is 324 g/mol. The first-order chi connectivity index (χ1) is 11.5. The van der Waals surface area contributed by atoms with E-state index in [1.807, 2.05) is 28.8 Å². The molecule has 5 nitrogen and oxygen atoms in total. The molecule has 4 amide bonds. The van der Waals surface area contributed by atoms with Gasteiger partial charge in [-0.25, -0.2) is 9.18 Å². The topological polar surface area (TPSA) is 75.3 Å². The Labute approximate surface area is 137 Å². The molecule has 2 aromatic rings. The molecule has 0 aliphatic carbocycles.